The molecule has 0 unspecified atom stereocenters. The highest BCUT2D eigenvalue weighted by atomic mass is 16.5. The Morgan fingerprint density at radius 3 is 2.31 bits per heavy atom. The van der Waals surface area contributed by atoms with Gasteiger partial charge >= 0.3 is 0 Å². The summed E-state index contributed by atoms with van der Waals surface area (Å²) in [6.45, 7) is 14.9. The molecule has 5 rings (SSSR count). The van der Waals surface area contributed by atoms with Gasteiger partial charge in [-0.25, -0.2) is 4.98 Å². The van der Waals surface area contributed by atoms with Crippen LogP contribution in [0.3, 0.4) is 0 Å². The molecule has 0 aliphatic carbocycles. The number of hydrogen-bond acceptors (Lipinski definition) is 8. The number of aromatic nitrogens is 4. The van der Waals surface area contributed by atoms with Gasteiger partial charge in [0.2, 0.25) is 0 Å². The quantitative estimate of drug-likeness (QED) is 0.245. The van der Waals surface area contributed by atoms with Crippen molar-refractivity contribution in [2.75, 3.05) is 45.3 Å². The minimum atomic E-state index is 0.207. The topological polar surface area (TPSA) is 80.6 Å². The maximum Gasteiger partial charge on any atom is 0.124 e. The number of methoxy groups -OCH3 is 2. The largest absolute Gasteiger partial charge is 0.497 e. The Morgan fingerprint density at radius 1 is 0.952 bits per heavy atom. The molecule has 1 saturated heterocycles. The van der Waals surface area contributed by atoms with E-state index in [2.05, 4.69) is 72.7 Å². The van der Waals surface area contributed by atoms with E-state index in [1.54, 1.807) is 14.2 Å². The minimum Gasteiger partial charge on any atom is -0.497 e. The molecule has 3 heterocycles. The van der Waals surface area contributed by atoms with Gasteiger partial charge in [-0.2, -0.15) is 5.10 Å². The minimum absolute atomic E-state index is 0.207. The van der Waals surface area contributed by atoms with Gasteiger partial charge in [0.15, 0.2) is 0 Å². The van der Waals surface area contributed by atoms with E-state index in [9.17, 15) is 0 Å². The molecule has 0 amide bonds. The number of nitrogens with zero attached hydrogens (tertiary/aromatic N) is 6. The Morgan fingerprint density at radius 2 is 1.67 bits per heavy atom. The smallest absolute Gasteiger partial charge is 0.124 e. The van der Waals surface area contributed by atoms with Crippen molar-refractivity contribution in [1.29, 1.82) is 0 Å². The fraction of sp³-hybridized carbons (Fsp3) is 0.485. The van der Waals surface area contributed by atoms with Crippen molar-refractivity contribution in [1.82, 2.24) is 30.0 Å². The van der Waals surface area contributed by atoms with Crippen molar-refractivity contribution >= 4 is 22.4 Å². The number of likely N-dealkylation sites (tertiary alicyclic amines) is 1. The van der Waals surface area contributed by atoms with Gasteiger partial charge in [-0.05, 0) is 51.8 Å². The Labute approximate surface area is 249 Å². The van der Waals surface area contributed by atoms with Gasteiger partial charge in [0.1, 0.15) is 11.5 Å². The summed E-state index contributed by atoms with van der Waals surface area (Å²) in [6.07, 6.45) is 8.10. The van der Waals surface area contributed by atoms with Gasteiger partial charge < -0.3 is 19.7 Å². The normalized spacial score (nSPS) is 15.0. The average molecular weight is 572 g/mol. The van der Waals surface area contributed by atoms with Crippen LogP contribution in [0.1, 0.15) is 53.5 Å². The summed E-state index contributed by atoms with van der Waals surface area (Å²) in [5.74, 6) is 1.49. The number of fused-ring (bicyclic) bond motifs is 1. The van der Waals surface area contributed by atoms with Gasteiger partial charge in [-0.1, -0.05) is 13.8 Å². The predicted molar refractivity (Wildman–Crippen MR) is 170 cm³/mol. The number of benzene rings is 2. The molecular weight excluding hydrogens is 526 g/mol. The lowest BCUT2D eigenvalue weighted by Crippen LogP contribution is -2.46. The first-order valence-corrected chi connectivity index (χ1v) is 14.9. The standard InChI is InChI=1S/C33H45N7O2/c1-23(2)34-12-15-39(27-16-28(41-6)19-29(17-27)42-7)26-8-9-30-31(18-26)37-32(21-35-30)24-20-36-40(22-24)25-10-13-38(14-11-25)33(3,4)5/h8-9,16-23,25,34H,10-15H2,1-7H3. The molecule has 1 fully saturated rings. The second-order valence-electron chi connectivity index (χ2n) is 12.4. The lowest BCUT2D eigenvalue weighted by molar-refractivity contribution is 0.0870. The van der Waals surface area contributed by atoms with Gasteiger partial charge in [-0.3, -0.25) is 14.6 Å². The number of hydrogen-bond donors (Lipinski definition) is 1. The van der Waals surface area contributed by atoms with Crippen LogP contribution in [0.5, 0.6) is 11.5 Å². The average Bonchev–Trinajstić information content (AvgIpc) is 3.48. The fourth-order valence-electron chi connectivity index (χ4n) is 5.60. The number of nitrogens with one attached hydrogen (secondary N) is 1. The van der Waals surface area contributed by atoms with Crippen LogP contribution in [0.15, 0.2) is 55.0 Å². The third-order valence-electron chi connectivity index (χ3n) is 8.06. The SMILES string of the molecule is COc1cc(OC)cc(N(CCNC(C)C)c2ccc3ncc(-c4cnn(C5CCN(C(C)(C)C)CC5)c4)nc3c2)c1. The van der Waals surface area contributed by atoms with Crippen molar-refractivity contribution in [2.45, 2.75) is 65.1 Å². The molecule has 0 saturated carbocycles. The van der Waals surface area contributed by atoms with E-state index < -0.39 is 0 Å². The van der Waals surface area contributed by atoms with Gasteiger partial charge in [-0.15, -0.1) is 0 Å². The first kappa shape index (κ1) is 29.8. The summed E-state index contributed by atoms with van der Waals surface area (Å²) in [5.41, 5.74) is 5.73. The molecular formula is C33H45N7O2. The summed E-state index contributed by atoms with van der Waals surface area (Å²) >= 11 is 0. The second kappa shape index (κ2) is 12.7. The zero-order chi connectivity index (χ0) is 29.9. The van der Waals surface area contributed by atoms with Crippen molar-refractivity contribution < 1.29 is 9.47 Å². The van der Waals surface area contributed by atoms with Crippen LogP contribution >= 0.6 is 0 Å². The summed E-state index contributed by atoms with van der Waals surface area (Å²) in [7, 11) is 3.35. The van der Waals surface area contributed by atoms with Crippen molar-refractivity contribution in [2.24, 2.45) is 0 Å². The van der Waals surface area contributed by atoms with E-state index in [1.807, 2.05) is 36.7 Å². The summed E-state index contributed by atoms with van der Waals surface area (Å²) in [5, 5.41) is 8.28. The Bertz CT molecular complexity index is 1460. The molecule has 0 atom stereocenters. The van der Waals surface area contributed by atoms with E-state index in [1.165, 1.54) is 0 Å². The molecule has 4 aromatic rings. The summed E-state index contributed by atoms with van der Waals surface area (Å²) in [4.78, 5) is 14.6. The van der Waals surface area contributed by atoms with Crippen LogP contribution in [0.2, 0.25) is 0 Å². The van der Waals surface area contributed by atoms with Gasteiger partial charge in [0, 0.05) is 79.1 Å². The molecule has 42 heavy (non-hydrogen) atoms. The number of anilines is 2. The van der Waals surface area contributed by atoms with Crippen LogP contribution in [-0.4, -0.2) is 76.6 Å². The van der Waals surface area contributed by atoms with E-state index in [4.69, 9.17) is 24.5 Å². The van der Waals surface area contributed by atoms with E-state index in [0.717, 1.165) is 84.2 Å². The van der Waals surface area contributed by atoms with Crippen LogP contribution in [0.4, 0.5) is 11.4 Å². The maximum absolute atomic E-state index is 5.57. The molecule has 2 aromatic heterocycles. The first-order valence-electron chi connectivity index (χ1n) is 14.9. The maximum atomic E-state index is 5.57. The lowest BCUT2D eigenvalue weighted by atomic mass is 9.98. The molecule has 0 radical (unpaired) electrons. The lowest BCUT2D eigenvalue weighted by Gasteiger charge is -2.40. The highest BCUT2D eigenvalue weighted by molar-refractivity contribution is 5.82. The highest BCUT2D eigenvalue weighted by Gasteiger charge is 2.28. The Kier molecular flexibility index (Phi) is 8.99. The third kappa shape index (κ3) is 6.85. The van der Waals surface area contributed by atoms with Gasteiger partial charge in [0.05, 0.1) is 49.4 Å². The molecule has 0 bridgehead atoms. The van der Waals surface area contributed by atoms with E-state index >= 15 is 0 Å². The van der Waals surface area contributed by atoms with Crippen LogP contribution in [0.25, 0.3) is 22.3 Å². The van der Waals surface area contributed by atoms with Crippen LogP contribution in [0, 0.1) is 0 Å². The first-order chi connectivity index (χ1) is 20.1. The van der Waals surface area contributed by atoms with E-state index in [-0.39, 0.29) is 5.54 Å². The molecule has 224 valence electrons. The van der Waals surface area contributed by atoms with Crippen molar-refractivity contribution in [3.8, 4) is 22.8 Å². The number of piperidine rings is 1. The highest BCUT2D eigenvalue weighted by Crippen LogP contribution is 2.34. The predicted octanol–water partition coefficient (Wildman–Crippen LogP) is 6.08. The van der Waals surface area contributed by atoms with E-state index in [0.29, 0.717) is 12.1 Å². The van der Waals surface area contributed by atoms with Crippen LogP contribution < -0.4 is 19.7 Å². The third-order valence-corrected chi connectivity index (χ3v) is 8.06. The van der Waals surface area contributed by atoms with Crippen LogP contribution in [-0.2, 0) is 0 Å². The molecule has 1 aliphatic rings. The molecule has 1 aliphatic heterocycles. The Hall–Kier alpha value is -3.69. The number of ether oxygens (including phenoxy) is 2. The summed E-state index contributed by atoms with van der Waals surface area (Å²) < 4.78 is 13.3. The number of rotatable bonds is 10. The fourth-order valence-corrected chi connectivity index (χ4v) is 5.60. The van der Waals surface area contributed by atoms with Crippen molar-refractivity contribution in [3.05, 3.63) is 55.0 Å². The zero-order valence-corrected chi connectivity index (χ0v) is 26.1. The monoisotopic (exact) mass is 571 g/mol. The Balaban J connectivity index is 1.42. The van der Waals surface area contributed by atoms with Gasteiger partial charge in [0.25, 0.3) is 0 Å². The van der Waals surface area contributed by atoms with Crippen molar-refractivity contribution in [3.63, 3.8) is 0 Å². The molecule has 0 spiro atoms. The molecule has 9 nitrogen and oxygen atoms in total. The molecule has 9 heteroatoms. The molecule has 1 N–H and O–H groups in total. The summed E-state index contributed by atoms with van der Waals surface area (Å²) in [6, 6.07) is 13.0. The molecule has 2 aromatic carbocycles. The zero-order valence-electron chi connectivity index (χ0n) is 26.1. The second-order valence-corrected chi connectivity index (χ2v) is 12.4.